The number of methoxy groups -OCH3 is 1. The Morgan fingerprint density at radius 3 is 2.59 bits per heavy atom. The number of halogens is 1. The Bertz CT molecular complexity index is 1270. The van der Waals surface area contributed by atoms with Gasteiger partial charge in [-0.1, -0.05) is 23.7 Å². The van der Waals surface area contributed by atoms with Crippen LogP contribution in [0.15, 0.2) is 66.7 Å². The number of benzene rings is 3. The van der Waals surface area contributed by atoms with Gasteiger partial charge in [-0.25, -0.2) is 4.98 Å². The van der Waals surface area contributed by atoms with Gasteiger partial charge in [0, 0.05) is 23.6 Å². The molecule has 0 saturated heterocycles. The lowest BCUT2D eigenvalue weighted by atomic mass is 10.2. The number of aryl methyl sites for hydroxylation is 2. The summed E-state index contributed by atoms with van der Waals surface area (Å²) in [6.45, 7) is 3.72. The number of fused-ring (bicyclic) bond motifs is 1. The zero-order valence-corrected chi connectivity index (χ0v) is 20.1. The van der Waals surface area contributed by atoms with E-state index in [-0.39, 0.29) is 5.91 Å². The Kier molecular flexibility index (Phi) is 7.70. The van der Waals surface area contributed by atoms with Gasteiger partial charge in [0.1, 0.15) is 23.9 Å². The molecule has 1 heterocycles. The van der Waals surface area contributed by atoms with Crippen LogP contribution in [0.2, 0.25) is 5.02 Å². The summed E-state index contributed by atoms with van der Waals surface area (Å²) in [6.07, 6.45) is 1.53. The van der Waals surface area contributed by atoms with Crippen molar-refractivity contribution >= 4 is 28.5 Å². The van der Waals surface area contributed by atoms with E-state index in [1.165, 1.54) is 0 Å². The van der Waals surface area contributed by atoms with Crippen LogP contribution in [0.4, 0.5) is 0 Å². The summed E-state index contributed by atoms with van der Waals surface area (Å²) in [5.41, 5.74) is 3.64. The van der Waals surface area contributed by atoms with Crippen molar-refractivity contribution in [3.8, 4) is 11.5 Å². The van der Waals surface area contributed by atoms with Gasteiger partial charge in [0.25, 0.3) is 5.91 Å². The molecular weight excluding hydrogens is 450 g/mol. The number of aromatic nitrogens is 2. The van der Waals surface area contributed by atoms with Crippen LogP contribution >= 0.6 is 11.6 Å². The van der Waals surface area contributed by atoms with Gasteiger partial charge in [0.2, 0.25) is 0 Å². The fourth-order valence-electron chi connectivity index (χ4n) is 3.82. The highest BCUT2D eigenvalue weighted by Crippen LogP contribution is 2.22. The van der Waals surface area contributed by atoms with Gasteiger partial charge in [-0.05, 0) is 73.5 Å². The largest absolute Gasteiger partial charge is 0.497 e. The van der Waals surface area contributed by atoms with E-state index in [1.54, 1.807) is 31.4 Å². The van der Waals surface area contributed by atoms with Crippen LogP contribution in [0.3, 0.4) is 0 Å². The number of carbonyl (C=O) groups excluding carboxylic acids is 1. The van der Waals surface area contributed by atoms with Gasteiger partial charge >= 0.3 is 0 Å². The molecule has 0 aliphatic carbocycles. The van der Waals surface area contributed by atoms with Crippen molar-refractivity contribution in [2.75, 3.05) is 20.3 Å². The monoisotopic (exact) mass is 477 g/mol. The lowest BCUT2D eigenvalue weighted by Crippen LogP contribution is -2.25. The number of amides is 1. The lowest BCUT2D eigenvalue weighted by molar-refractivity contribution is 0.0953. The first-order valence-electron chi connectivity index (χ1n) is 11.3. The number of nitrogens with zero attached hydrogens (tertiary/aromatic N) is 2. The Morgan fingerprint density at radius 1 is 1.06 bits per heavy atom. The van der Waals surface area contributed by atoms with Gasteiger partial charge in [-0.15, -0.1) is 0 Å². The molecule has 0 fully saturated rings. The number of hydrogen-bond donors (Lipinski definition) is 1. The average molecular weight is 478 g/mol. The maximum atomic E-state index is 12.4. The molecule has 4 rings (SSSR count). The molecule has 1 amide bonds. The van der Waals surface area contributed by atoms with Crippen molar-refractivity contribution in [3.63, 3.8) is 0 Å². The summed E-state index contributed by atoms with van der Waals surface area (Å²) in [6, 6.07) is 20.9. The van der Waals surface area contributed by atoms with Crippen LogP contribution in [0.1, 0.15) is 28.2 Å². The first kappa shape index (κ1) is 23.6. The SMILES string of the molecule is COc1ccc(C(=O)NCCCc2nc3ccccc3n2CCOc2ccc(Cl)c(C)c2)cc1. The molecule has 0 bridgehead atoms. The number of ether oxygens (including phenoxy) is 2. The highest BCUT2D eigenvalue weighted by atomic mass is 35.5. The number of para-hydroxylation sites is 2. The molecule has 6 nitrogen and oxygen atoms in total. The molecule has 7 heteroatoms. The van der Waals surface area contributed by atoms with E-state index in [0.29, 0.717) is 25.3 Å². The fraction of sp³-hybridized carbons (Fsp3) is 0.259. The van der Waals surface area contributed by atoms with E-state index in [0.717, 1.165) is 51.8 Å². The molecule has 0 unspecified atom stereocenters. The zero-order valence-electron chi connectivity index (χ0n) is 19.4. The van der Waals surface area contributed by atoms with E-state index >= 15 is 0 Å². The number of rotatable bonds is 10. The van der Waals surface area contributed by atoms with Crippen LogP contribution in [0, 0.1) is 6.92 Å². The number of nitrogens with one attached hydrogen (secondary N) is 1. The molecule has 34 heavy (non-hydrogen) atoms. The minimum absolute atomic E-state index is 0.0946. The molecule has 0 atom stereocenters. The van der Waals surface area contributed by atoms with Crippen LogP contribution in [0.5, 0.6) is 11.5 Å². The normalized spacial score (nSPS) is 10.9. The highest BCUT2D eigenvalue weighted by Gasteiger charge is 2.11. The van der Waals surface area contributed by atoms with E-state index in [1.807, 2.05) is 43.3 Å². The van der Waals surface area contributed by atoms with E-state index in [9.17, 15) is 4.79 Å². The summed E-state index contributed by atoms with van der Waals surface area (Å²) in [7, 11) is 1.60. The van der Waals surface area contributed by atoms with Crippen LogP contribution < -0.4 is 14.8 Å². The van der Waals surface area contributed by atoms with E-state index < -0.39 is 0 Å². The van der Waals surface area contributed by atoms with E-state index in [4.69, 9.17) is 26.1 Å². The fourth-order valence-corrected chi connectivity index (χ4v) is 3.94. The van der Waals surface area contributed by atoms with Gasteiger partial charge in [-0.2, -0.15) is 0 Å². The minimum atomic E-state index is -0.0946. The highest BCUT2D eigenvalue weighted by molar-refractivity contribution is 6.31. The average Bonchev–Trinajstić information content (AvgIpc) is 3.21. The van der Waals surface area contributed by atoms with Gasteiger partial charge in [-0.3, -0.25) is 4.79 Å². The molecular formula is C27H28ClN3O3. The molecule has 0 spiro atoms. The second kappa shape index (κ2) is 11.1. The summed E-state index contributed by atoms with van der Waals surface area (Å²) < 4.78 is 13.3. The van der Waals surface area contributed by atoms with Gasteiger partial charge in [0.15, 0.2) is 0 Å². The predicted molar refractivity (Wildman–Crippen MR) is 135 cm³/mol. The Balaban J connectivity index is 1.35. The first-order valence-corrected chi connectivity index (χ1v) is 11.7. The smallest absolute Gasteiger partial charge is 0.251 e. The Labute approximate surface area is 204 Å². The van der Waals surface area contributed by atoms with Crippen molar-refractivity contribution in [3.05, 3.63) is 88.7 Å². The summed E-state index contributed by atoms with van der Waals surface area (Å²) >= 11 is 6.11. The quantitative estimate of drug-likeness (QED) is 0.308. The molecule has 4 aromatic rings. The third kappa shape index (κ3) is 5.69. The summed E-state index contributed by atoms with van der Waals surface area (Å²) in [5.74, 6) is 2.42. The number of imidazole rings is 1. The maximum Gasteiger partial charge on any atom is 0.251 e. The van der Waals surface area contributed by atoms with Crippen molar-refractivity contribution in [2.24, 2.45) is 0 Å². The molecule has 176 valence electrons. The standard InChI is InChI=1S/C27H28ClN3O3/c1-19-18-22(13-14-23(19)28)34-17-16-31-25-7-4-3-6-24(25)30-26(31)8-5-15-29-27(32)20-9-11-21(33-2)12-10-20/h3-4,6-7,9-14,18H,5,8,15-17H2,1-2H3,(H,29,32). The van der Waals surface area contributed by atoms with Crippen molar-refractivity contribution in [2.45, 2.75) is 26.3 Å². The topological polar surface area (TPSA) is 65.4 Å². The van der Waals surface area contributed by atoms with Crippen molar-refractivity contribution < 1.29 is 14.3 Å². The number of carbonyl (C=O) groups is 1. The minimum Gasteiger partial charge on any atom is -0.497 e. The summed E-state index contributed by atoms with van der Waals surface area (Å²) in [5, 5.41) is 3.71. The van der Waals surface area contributed by atoms with Gasteiger partial charge < -0.3 is 19.4 Å². The third-order valence-corrected chi connectivity index (χ3v) is 6.09. The molecule has 0 saturated carbocycles. The maximum absolute atomic E-state index is 12.4. The second-order valence-corrected chi connectivity index (χ2v) is 8.42. The van der Waals surface area contributed by atoms with E-state index in [2.05, 4.69) is 16.0 Å². The second-order valence-electron chi connectivity index (χ2n) is 8.02. The molecule has 1 aromatic heterocycles. The molecule has 0 radical (unpaired) electrons. The molecule has 0 aliphatic rings. The van der Waals surface area contributed by atoms with Crippen LogP contribution in [0.25, 0.3) is 11.0 Å². The van der Waals surface area contributed by atoms with Crippen LogP contribution in [-0.2, 0) is 13.0 Å². The third-order valence-electron chi connectivity index (χ3n) is 5.66. The Morgan fingerprint density at radius 2 is 1.82 bits per heavy atom. The molecule has 1 N–H and O–H groups in total. The summed E-state index contributed by atoms with van der Waals surface area (Å²) in [4.78, 5) is 17.2. The predicted octanol–water partition coefficient (Wildman–Crippen LogP) is 5.45. The lowest BCUT2D eigenvalue weighted by Gasteiger charge is -2.12. The zero-order chi connectivity index (χ0) is 23.9. The Hall–Kier alpha value is -3.51. The first-order chi connectivity index (χ1) is 16.5. The van der Waals surface area contributed by atoms with Crippen molar-refractivity contribution in [1.29, 1.82) is 0 Å². The molecule has 0 aliphatic heterocycles. The van der Waals surface area contributed by atoms with Gasteiger partial charge in [0.05, 0.1) is 24.7 Å². The molecule has 3 aromatic carbocycles. The van der Waals surface area contributed by atoms with Crippen molar-refractivity contribution in [1.82, 2.24) is 14.9 Å². The number of hydrogen-bond acceptors (Lipinski definition) is 4. The van der Waals surface area contributed by atoms with Crippen LogP contribution in [-0.4, -0.2) is 35.7 Å².